The zero-order valence-electron chi connectivity index (χ0n) is 16.5. The van der Waals surface area contributed by atoms with Crippen molar-refractivity contribution in [1.82, 2.24) is 0 Å². The molecule has 31 heavy (non-hydrogen) atoms. The second-order valence-corrected chi connectivity index (χ2v) is 10.0. The lowest BCUT2D eigenvalue weighted by molar-refractivity contribution is 0.0319. The zero-order valence-corrected chi connectivity index (χ0v) is 18.9. The average molecular weight is 480 g/mol. The highest BCUT2D eigenvalue weighted by molar-refractivity contribution is 7.94. The van der Waals surface area contributed by atoms with Crippen LogP contribution < -0.4 is 9.46 Å². The lowest BCUT2D eigenvalue weighted by Gasteiger charge is -2.13. The predicted molar refractivity (Wildman–Crippen MR) is 119 cm³/mol. The summed E-state index contributed by atoms with van der Waals surface area (Å²) in [7, 11) is -2.25. The first-order chi connectivity index (χ1) is 14.7. The van der Waals surface area contributed by atoms with Gasteiger partial charge < -0.3 is 9.47 Å². The van der Waals surface area contributed by atoms with Crippen LogP contribution in [0.1, 0.15) is 27.6 Å². The number of esters is 1. The monoisotopic (exact) mass is 479 g/mol. The van der Waals surface area contributed by atoms with Crippen molar-refractivity contribution in [2.75, 3.05) is 11.8 Å². The molecule has 0 aliphatic rings. The fourth-order valence-corrected chi connectivity index (χ4v) is 5.14. The van der Waals surface area contributed by atoms with E-state index in [1.807, 2.05) is 0 Å². The third-order valence-electron chi connectivity index (χ3n) is 4.21. The molecule has 1 aromatic heterocycles. The maximum atomic E-state index is 12.5. The van der Waals surface area contributed by atoms with Gasteiger partial charge in [0.2, 0.25) is 5.78 Å². The van der Waals surface area contributed by atoms with Crippen molar-refractivity contribution in [3.05, 3.63) is 76.1 Å². The number of halogens is 1. The van der Waals surface area contributed by atoms with Gasteiger partial charge in [-0.15, -0.1) is 11.3 Å². The van der Waals surface area contributed by atoms with Gasteiger partial charge in [-0.3, -0.25) is 9.52 Å². The molecule has 0 aliphatic carbocycles. The van der Waals surface area contributed by atoms with Crippen molar-refractivity contribution in [3.8, 4) is 5.75 Å². The van der Waals surface area contributed by atoms with Crippen LogP contribution in [-0.4, -0.2) is 33.4 Å². The van der Waals surface area contributed by atoms with Gasteiger partial charge in [0.15, 0.2) is 6.10 Å². The van der Waals surface area contributed by atoms with Crippen LogP contribution >= 0.6 is 22.9 Å². The van der Waals surface area contributed by atoms with Crippen molar-refractivity contribution < 1.29 is 27.5 Å². The van der Waals surface area contributed by atoms with Gasteiger partial charge in [-0.05, 0) is 67.6 Å². The summed E-state index contributed by atoms with van der Waals surface area (Å²) in [5.41, 5.74) is 0.833. The van der Waals surface area contributed by atoms with Gasteiger partial charge in [0, 0.05) is 11.3 Å². The lowest BCUT2D eigenvalue weighted by Crippen LogP contribution is -2.24. The number of thiophene rings is 1. The van der Waals surface area contributed by atoms with E-state index in [2.05, 4.69) is 4.72 Å². The minimum absolute atomic E-state index is 0.0758. The molecular weight excluding hydrogens is 462 g/mol. The molecule has 0 saturated heterocycles. The molecule has 3 rings (SSSR count). The Balaban J connectivity index is 1.63. The number of carbonyl (C=O) groups excluding carboxylic acids is 2. The molecular formula is C21H18ClNO6S2. The highest BCUT2D eigenvalue weighted by Crippen LogP contribution is 2.27. The summed E-state index contributed by atoms with van der Waals surface area (Å²) in [6.45, 7) is 1.49. The summed E-state index contributed by atoms with van der Waals surface area (Å²) in [4.78, 5) is 24.8. The van der Waals surface area contributed by atoms with E-state index < -0.39 is 22.1 Å². The van der Waals surface area contributed by atoms with E-state index in [1.54, 1.807) is 24.3 Å². The molecule has 0 unspecified atom stereocenters. The number of rotatable bonds is 8. The highest BCUT2D eigenvalue weighted by Gasteiger charge is 2.21. The maximum Gasteiger partial charge on any atom is 0.338 e. The topological polar surface area (TPSA) is 98.8 Å². The zero-order chi connectivity index (χ0) is 22.6. The summed E-state index contributed by atoms with van der Waals surface area (Å²) < 4.78 is 37.8. The third-order valence-corrected chi connectivity index (χ3v) is 7.32. The number of nitrogens with one attached hydrogen (secondary N) is 1. The van der Waals surface area contributed by atoms with Crippen molar-refractivity contribution in [3.63, 3.8) is 0 Å². The van der Waals surface area contributed by atoms with Gasteiger partial charge in [0.1, 0.15) is 9.96 Å². The van der Waals surface area contributed by atoms with E-state index >= 15 is 0 Å². The molecule has 10 heteroatoms. The van der Waals surface area contributed by atoms with Crippen molar-refractivity contribution in [2.24, 2.45) is 0 Å². The minimum Gasteiger partial charge on any atom is -0.497 e. The van der Waals surface area contributed by atoms with E-state index in [0.29, 0.717) is 15.6 Å². The van der Waals surface area contributed by atoms with Gasteiger partial charge in [0.05, 0.1) is 17.0 Å². The van der Waals surface area contributed by atoms with Gasteiger partial charge in [0.25, 0.3) is 10.0 Å². The number of carbonyl (C=O) groups is 2. The number of hydrogen-bond donors (Lipinski definition) is 1. The summed E-state index contributed by atoms with van der Waals surface area (Å²) >= 11 is 6.72. The van der Waals surface area contributed by atoms with Crippen LogP contribution in [0.2, 0.25) is 4.34 Å². The van der Waals surface area contributed by atoms with Gasteiger partial charge in [-0.25, -0.2) is 13.2 Å². The molecule has 1 heterocycles. The molecule has 0 bridgehead atoms. The van der Waals surface area contributed by atoms with Gasteiger partial charge in [-0.2, -0.15) is 0 Å². The van der Waals surface area contributed by atoms with Gasteiger partial charge in [-0.1, -0.05) is 11.6 Å². The fraction of sp³-hybridized carbons (Fsp3) is 0.143. The van der Waals surface area contributed by atoms with Crippen LogP contribution in [0.25, 0.3) is 0 Å². The Kier molecular flexibility index (Phi) is 6.99. The Morgan fingerprint density at radius 3 is 2.13 bits per heavy atom. The van der Waals surface area contributed by atoms with Crippen molar-refractivity contribution in [2.45, 2.75) is 17.2 Å². The number of anilines is 1. The molecule has 0 fully saturated rings. The predicted octanol–water partition coefficient (Wildman–Crippen LogP) is 4.64. The third kappa shape index (κ3) is 5.63. The number of hydrogen-bond acceptors (Lipinski definition) is 7. The van der Waals surface area contributed by atoms with Crippen LogP contribution in [0.3, 0.4) is 0 Å². The van der Waals surface area contributed by atoms with Crippen LogP contribution in [-0.2, 0) is 14.8 Å². The van der Waals surface area contributed by atoms with Crippen LogP contribution in [0.4, 0.5) is 5.69 Å². The lowest BCUT2D eigenvalue weighted by atomic mass is 10.1. The number of benzene rings is 2. The molecule has 0 amide bonds. The van der Waals surface area contributed by atoms with Crippen LogP contribution in [0, 0.1) is 0 Å². The molecule has 3 aromatic rings. The van der Waals surface area contributed by atoms with E-state index in [1.165, 1.54) is 50.4 Å². The normalized spacial score (nSPS) is 12.1. The van der Waals surface area contributed by atoms with E-state index in [0.717, 1.165) is 11.3 Å². The van der Waals surface area contributed by atoms with Crippen molar-refractivity contribution >= 4 is 50.4 Å². The number of sulfonamides is 1. The van der Waals surface area contributed by atoms with Gasteiger partial charge >= 0.3 is 5.97 Å². The summed E-state index contributed by atoms with van der Waals surface area (Å²) in [6, 6.07) is 15.0. The molecule has 0 spiro atoms. The quantitative estimate of drug-likeness (QED) is 0.373. The highest BCUT2D eigenvalue weighted by atomic mass is 35.5. The number of ketones is 1. The number of Topliss-reactive ketones (excluding diaryl/α,β-unsaturated/α-hetero) is 1. The van der Waals surface area contributed by atoms with Crippen LogP contribution in [0.15, 0.2) is 64.9 Å². The molecule has 0 aliphatic heterocycles. The molecule has 1 N–H and O–H groups in total. The molecule has 1 atom stereocenters. The standard InChI is InChI=1S/C21H18ClNO6S2/c1-13(20(24)14-5-9-17(28-2)10-6-14)29-21(25)15-3-7-16(8-4-15)23-31(26,27)19-12-11-18(22)30-19/h3-13,23H,1-2H3/t13-/m0/s1. The first kappa shape index (κ1) is 22.8. The smallest absolute Gasteiger partial charge is 0.338 e. The molecule has 162 valence electrons. The Morgan fingerprint density at radius 2 is 1.58 bits per heavy atom. The van der Waals surface area contributed by atoms with Crippen LogP contribution in [0.5, 0.6) is 5.75 Å². The maximum absolute atomic E-state index is 12.5. The molecule has 2 aromatic carbocycles. The Morgan fingerprint density at radius 1 is 0.968 bits per heavy atom. The summed E-state index contributed by atoms with van der Waals surface area (Å²) in [6.07, 6.45) is -0.998. The first-order valence-corrected chi connectivity index (χ1v) is 11.6. The summed E-state index contributed by atoms with van der Waals surface area (Å²) in [5, 5.41) is 0. The average Bonchev–Trinajstić information content (AvgIpc) is 3.21. The number of methoxy groups -OCH3 is 1. The second-order valence-electron chi connectivity index (χ2n) is 6.38. The fourth-order valence-electron chi connectivity index (χ4n) is 2.59. The summed E-state index contributed by atoms with van der Waals surface area (Å²) in [5.74, 6) is -0.442. The Bertz CT molecular complexity index is 1190. The SMILES string of the molecule is COc1ccc(C(=O)[C@H](C)OC(=O)c2ccc(NS(=O)(=O)c3ccc(Cl)s3)cc2)cc1. The molecule has 7 nitrogen and oxygen atoms in total. The van der Waals surface area contributed by atoms with E-state index in [-0.39, 0.29) is 21.2 Å². The first-order valence-electron chi connectivity index (χ1n) is 8.97. The van der Waals surface area contributed by atoms with Crippen molar-refractivity contribution in [1.29, 1.82) is 0 Å². The Labute approximate surface area is 188 Å². The minimum atomic E-state index is -3.78. The number of ether oxygens (including phenoxy) is 2. The largest absolute Gasteiger partial charge is 0.497 e. The molecule has 0 radical (unpaired) electrons. The molecule has 0 saturated carbocycles. The Hall–Kier alpha value is -2.88. The van der Waals surface area contributed by atoms with E-state index in [4.69, 9.17) is 21.1 Å². The second kappa shape index (κ2) is 9.51. The van der Waals surface area contributed by atoms with E-state index in [9.17, 15) is 18.0 Å².